The summed E-state index contributed by atoms with van der Waals surface area (Å²) in [5.41, 5.74) is 1.45. The molecule has 0 saturated carbocycles. The van der Waals surface area contributed by atoms with Gasteiger partial charge in [-0.15, -0.1) is 0 Å². The van der Waals surface area contributed by atoms with E-state index in [1.807, 2.05) is 31.9 Å². The van der Waals surface area contributed by atoms with E-state index in [-0.39, 0.29) is 11.9 Å². The summed E-state index contributed by atoms with van der Waals surface area (Å²) < 4.78 is 5.48. The van der Waals surface area contributed by atoms with Crippen LogP contribution in [-0.2, 0) is 4.74 Å². The molecule has 1 aromatic carbocycles. The van der Waals surface area contributed by atoms with Crippen LogP contribution in [0.5, 0.6) is 5.75 Å². The van der Waals surface area contributed by atoms with Gasteiger partial charge < -0.3 is 19.8 Å². The van der Waals surface area contributed by atoms with Crippen molar-refractivity contribution in [3.05, 3.63) is 23.8 Å². The number of likely N-dealkylation sites (N-methyl/N-ethyl adjacent to an activating group) is 1. The Hall–Kier alpha value is -1.26. The van der Waals surface area contributed by atoms with Crippen LogP contribution >= 0.6 is 0 Å². The molecule has 0 aliphatic heterocycles. The van der Waals surface area contributed by atoms with Gasteiger partial charge >= 0.3 is 0 Å². The molecular weight excluding hydrogens is 230 g/mol. The monoisotopic (exact) mass is 253 g/mol. The number of hydrogen-bond acceptors (Lipinski definition) is 4. The van der Waals surface area contributed by atoms with E-state index >= 15 is 0 Å². The smallest absolute Gasteiger partial charge is 0.123 e. The van der Waals surface area contributed by atoms with Gasteiger partial charge in [-0.1, -0.05) is 6.07 Å². The van der Waals surface area contributed by atoms with Crippen LogP contribution < -0.4 is 4.90 Å². The fraction of sp³-hybridized carbons (Fsp3) is 0.571. The largest absolute Gasteiger partial charge is 0.507 e. The van der Waals surface area contributed by atoms with Crippen molar-refractivity contribution < 1.29 is 14.9 Å². The van der Waals surface area contributed by atoms with E-state index in [2.05, 4.69) is 0 Å². The van der Waals surface area contributed by atoms with Crippen molar-refractivity contribution >= 4 is 5.69 Å². The maximum atomic E-state index is 9.81. The molecule has 4 nitrogen and oxygen atoms in total. The summed E-state index contributed by atoms with van der Waals surface area (Å²) in [5.74, 6) is 0.124. The summed E-state index contributed by atoms with van der Waals surface area (Å²) >= 11 is 0. The molecule has 0 fully saturated rings. The zero-order valence-corrected chi connectivity index (χ0v) is 11.6. The summed E-state index contributed by atoms with van der Waals surface area (Å²) in [4.78, 5) is 2.01. The van der Waals surface area contributed by atoms with Gasteiger partial charge in [0.2, 0.25) is 0 Å². The third-order valence-corrected chi connectivity index (χ3v) is 2.78. The number of hydrogen-bond donors (Lipinski definition) is 2. The highest BCUT2D eigenvalue weighted by atomic mass is 16.5. The van der Waals surface area contributed by atoms with Crippen LogP contribution in [0.2, 0.25) is 0 Å². The predicted molar refractivity (Wildman–Crippen MR) is 73.1 cm³/mol. The first-order chi connectivity index (χ1) is 8.41. The number of phenols is 1. The molecule has 0 saturated heterocycles. The maximum absolute atomic E-state index is 9.81. The Morgan fingerprint density at radius 1 is 1.28 bits per heavy atom. The van der Waals surface area contributed by atoms with E-state index in [4.69, 9.17) is 4.74 Å². The third kappa shape index (κ3) is 4.20. The second-order valence-electron chi connectivity index (χ2n) is 4.76. The number of ether oxygens (including phenoxy) is 1. The average molecular weight is 253 g/mol. The van der Waals surface area contributed by atoms with Crippen molar-refractivity contribution in [2.24, 2.45) is 0 Å². The molecule has 2 N–H and O–H groups in total. The summed E-state index contributed by atoms with van der Waals surface area (Å²) in [6.07, 6.45) is -0.432. The van der Waals surface area contributed by atoms with Crippen molar-refractivity contribution in [3.8, 4) is 5.75 Å². The fourth-order valence-corrected chi connectivity index (χ4v) is 1.68. The first kappa shape index (κ1) is 14.8. The van der Waals surface area contributed by atoms with Gasteiger partial charge in [0.15, 0.2) is 0 Å². The van der Waals surface area contributed by atoms with Gasteiger partial charge in [0, 0.05) is 30.9 Å². The zero-order valence-electron chi connectivity index (χ0n) is 11.6. The summed E-state index contributed by atoms with van der Waals surface area (Å²) in [6, 6.07) is 5.30. The van der Waals surface area contributed by atoms with Gasteiger partial charge in [-0.25, -0.2) is 0 Å². The Kier molecular flexibility index (Phi) is 5.44. The number of nitrogens with zero attached hydrogens (tertiary/aromatic N) is 1. The van der Waals surface area contributed by atoms with Crippen molar-refractivity contribution in [1.82, 2.24) is 0 Å². The first-order valence-electron chi connectivity index (χ1n) is 6.25. The van der Waals surface area contributed by atoms with Crippen molar-refractivity contribution in [2.75, 3.05) is 25.1 Å². The van der Waals surface area contributed by atoms with Gasteiger partial charge in [-0.2, -0.15) is 0 Å². The lowest BCUT2D eigenvalue weighted by molar-refractivity contribution is 0.0846. The standard InChI is InChI=1S/C14H23NO3/c1-10(2)18-8-7-15(4)12-5-6-13(11(3)16)14(17)9-12/h5-6,9-11,16-17H,7-8H2,1-4H3. The van der Waals surface area contributed by atoms with E-state index in [0.717, 1.165) is 12.2 Å². The topological polar surface area (TPSA) is 52.9 Å². The molecule has 0 aliphatic rings. The Bertz CT molecular complexity index is 377. The lowest BCUT2D eigenvalue weighted by Gasteiger charge is -2.21. The van der Waals surface area contributed by atoms with Crippen LogP contribution in [0.4, 0.5) is 5.69 Å². The van der Waals surface area contributed by atoms with Crippen LogP contribution in [0.1, 0.15) is 32.4 Å². The number of rotatable bonds is 6. The normalized spacial score (nSPS) is 12.8. The van der Waals surface area contributed by atoms with Gasteiger partial charge in [-0.05, 0) is 26.8 Å². The van der Waals surface area contributed by atoms with Gasteiger partial charge in [0.1, 0.15) is 5.75 Å². The lowest BCUT2D eigenvalue weighted by Crippen LogP contribution is -2.23. The van der Waals surface area contributed by atoms with Crippen LogP contribution in [-0.4, -0.2) is 36.5 Å². The molecule has 18 heavy (non-hydrogen) atoms. The lowest BCUT2D eigenvalue weighted by atomic mass is 10.1. The molecule has 1 atom stereocenters. The molecule has 0 bridgehead atoms. The van der Waals surface area contributed by atoms with Crippen LogP contribution in [0.15, 0.2) is 18.2 Å². The molecule has 0 radical (unpaired) electrons. The zero-order chi connectivity index (χ0) is 13.7. The molecule has 0 aliphatic carbocycles. The van der Waals surface area contributed by atoms with Gasteiger partial charge in [0.25, 0.3) is 0 Å². The Balaban J connectivity index is 2.63. The van der Waals surface area contributed by atoms with Crippen LogP contribution in [0.3, 0.4) is 0 Å². The van der Waals surface area contributed by atoms with E-state index in [1.54, 1.807) is 19.1 Å². The highest BCUT2D eigenvalue weighted by Crippen LogP contribution is 2.28. The number of aromatic hydroxyl groups is 1. The molecule has 0 aromatic heterocycles. The Morgan fingerprint density at radius 3 is 2.44 bits per heavy atom. The second-order valence-corrected chi connectivity index (χ2v) is 4.76. The maximum Gasteiger partial charge on any atom is 0.123 e. The Labute approximate surface area is 109 Å². The van der Waals surface area contributed by atoms with E-state index in [1.165, 1.54) is 0 Å². The SMILES string of the molecule is CC(C)OCCN(C)c1ccc(C(C)O)c(O)c1. The highest BCUT2D eigenvalue weighted by molar-refractivity contribution is 5.53. The minimum absolute atomic E-state index is 0.124. The van der Waals surface area contributed by atoms with E-state index in [9.17, 15) is 10.2 Å². The first-order valence-corrected chi connectivity index (χ1v) is 6.25. The fourth-order valence-electron chi connectivity index (χ4n) is 1.68. The molecule has 1 unspecified atom stereocenters. The van der Waals surface area contributed by atoms with Crippen LogP contribution in [0, 0.1) is 0 Å². The van der Waals surface area contributed by atoms with Crippen LogP contribution in [0.25, 0.3) is 0 Å². The molecule has 1 rings (SSSR count). The van der Waals surface area contributed by atoms with E-state index < -0.39 is 6.10 Å². The van der Waals surface area contributed by atoms with Gasteiger partial charge in [-0.3, -0.25) is 0 Å². The second kappa shape index (κ2) is 6.61. The minimum Gasteiger partial charge on any atom is -0.507 e. The average Bonchev–Trinajstić information content (AvgIpc) is 2.27. The quantitative estimate of drug-likeness (QED) is 0.817. The number of benzene rings is 1. The number of anilines is 1. The highest BCUT2D eigenvalue weighted by Gasteiger charge is 2.09. The van der Waals surface area contributed by atoms with Crippen molar-refractivity contribution in [1.29, 1.82) is 0 Å². The molecule has 4 heteroatoms. The predicted octanol–water partition coefficient (Wildman–Crippen LogP) is 2.31. The van der Waals surface area contributed by atoms with Crippen molar-refractivity contribution in [2.45, 2.75) is 33.0 Å². The Morgan fingerprint density at radius 2 is 1.94 bits per heavy atom. The summed E-state index contributed by atoms with van der Waals surface area (Å²) in [7, 11) is 1.94. The molecule has 1 aromatic rings. The molecule has 0 amide bonds. The summed E-state index contributed by atoms with van der Waals surface area (Å²) in [6.45, 7) is 7.04. The molecular formula is C14H23NO3. The van der Waals surface area contributed by atoms with Gasteiger partial charge in [0.05, 0.1) is 18.8 Å². The number of aliphatic hydroxyl groups excluding tert-OH is 1. The minimum atomic E-state index is -0.659. The third-order valence-electron chi connectivity index (χ3n) is 2.78. The number of aliphatic hydroxyl groups is 1. The molecule has 102 valence electrons. The molecule has 0 heterocycles. The summed E-state index contributed by atoms with van der Waals surface area (Å²) in [5, 5.41) is 19.2. The number of phenolic OH excluding ortho intramolecular Hbond substituents is 1. The van der Waals surface area contributed by atoms with E-state index in [0.29, 0.717) is 12.2 Å². The van der Waals surface area contributed by atoms with Crippen molar-refractivity contribution in [3.63, 3.8) is 0 Å². The molecule has 0 spiro atoms.